The number of hydrogen-bond acceptors (Lipinski definition) is 0. The van der Waals surface area contributed by atoms with E-state index in [0.29, 0.717) is 0 Å². The summed E-state index contributed by atoms with van der Waals surface area (Å²) in [5, 5.41) is 4.97. The van der Waals surface area contributed by atoms with Crippen molar-refractivity contribution in [1.29, 1.82) is 0 Å². The normalized spacial score (nSPS) is 12.5. The highest BCUT2D eigenvalue weighted by Gasteiger charge is 2.37. The lowest BCUT2D eigenvalue weighted by atomic mass is 9.68. The second-order valence-electron chi connectivity index (χ2n) is 19.4. The van der Waals surface area contributed by atoms with Crippen molar-refractivity contribution < 1.29 is 0 Å². The molecule has 0 radical (unpaired) electrons. The highest BCUT2D eigenvalue weighted by Crippen LogP contribution is 2.49. The summed E-state index contributed by atoms with van der Waals surface area (Å²) in [6.07, 6.45) is 0. The summed E-state index contributed by atoms with van der Waals surface area (Å²) in [6, 6.07) is 81.0. The Hall–Kier alpha value is -7.42. The molecule has 0 bridgehead atoms. The second-order valence-corrected chi connectivity index (χ2v) is 19.4. The maximum absolute atomic E-state index is 2.62. The molecule has 316 valence electrons. The van der Waals surface area contributed by atoms with Gasteiger partial charge in [-0.2, -0.15) is 0 Å². The molecule has 0 aliphatic heterocycles. The van der Waals surface area contributed by atoms with E-state index < -0.39 is 10.8 Å². The van der Waals surface area contributed by atoms with Gasteiger partial charge in [0.1, 0.15) is 0 Å². The van der Waals surface area contributed by atoms with E-state index in [-0.39, 0.29) is 5.41 Å². The largest absolute Gasteiger partial charge is 0.309 e. The van der Waals surface area contributed by atoms with Gasteiger partial charge in [-0.3, -0.25) is 0 Å². The smallest absolute Gasteiger partial charge is 0.0544 e. The van der Waals surface area contributed by atoms with Crippen LogP contribution in [0.5, 0.6) is 0 Å². The van der Waals surface area contributed by atoms with E-state index >= 15 is 0 Å². The van der Waals surface area contributed by atoms with Gasteiger partial charge >= 0.3 is 0 Å². The molecule has 0 saturated heterocycles. The molecular formula is C63H54N2. The molecule has 0 N–H and O–H groups in total. The van der Waals surface area contributed by atoms with Crippen LogP contribution >= 0.6 is 0 Å². The fourth-order valence-corrected chi connectivity index (χ4v) is 10.6. The van der Waals surface area contributed by atoms with Gasteiger partial charge in [-0.05, 0) is 87.0 Å². The zero-order chi connectivity index (χ0) is 44.5. The van der Waals surface area contributed by atoms with Crippen molar-refractivity contribution in [3.8, 4) is 22.5 Å². The Morgan fingerprint density at radius 2 is 0.677 bits per heavy atom. The zero-order valence-electron chi connectivity index (χ0n) is 38.2. The van der Waals surface area contributed by atoms with E-state index in [9.17, 15) is 0 Å². The van der Waals surface area contributed by atoms with Crippen LogP contribution in [-0.4, -0.2) is 9.13 Å². The van der Waals surface area contributed by atoms with Crippen LogP contribution in [0.4, 0.5) is 0 Å². The van der Waals surface area contributed by atoms with Crippen LogP contribution in [0.15, 0.2) is 218 Å². The molecule has 11 rings (SSSR count). The van der Waals surface area contributed by atoms with Crippen LogP contribution in [0.1, 0.15) is 74.9 Å². The molecule has 2 aromatic heterocycles. The Morgan fingerprint density at radius 1 is 0.277 bits per heavy atom. The number of aromatic nitrogens is 2. The summed E-state index contributed by atoms with van der Waals surface area (Å²) >= 11 is 0. The van der Waals surface area contributed by atoms with E-state index in [1.165, 1.54) is 93.8 Å². The number of rotatable bonds is 9. The molecule has 11 aromatic rings. The van der Waals surface area contributed by atoms with E-state index in [0.717, 1.165) is 5.69 Å². The van der Waals surface area contributed by atoms with Gasteiger partial charge in [-0.1, -0.05) is 217 Å². The molecule has 0 saturated carbocycles. The van der Waals surface area contributed by atoms with Gasteiger partial charge in [-0.25, -0.2) is 0 Å². The van der Waals surface area contributed by atoms with Gasteiger partial charge in [0.05, 0.1) is 27.8 Å². The quantitative estimate of drug-likeness (QED) is 0.137. The average Bonchev–Trinajstić information content (AvgIpc) is 3.86. The van der Waals surface area contributed by atoms with Gasteiger partial charge < -0.3 is 9.13 Å². The fraction of sp³-hybridized carbons (Fsp3) is 0.143. The van der Waals surface area contributed by atoms with Crippen molar-refractivity contribution in [2.45, 2.75) is 57.8 Å². The van der Waals surface area contributed by atoms with Crippen molar-refractivity contribution in [2.75, 3.05) is 0 Å². The standard InChI is InChI=1S/C63H54N2/c1-61(2,45-25-13-8-14-26-45)48-40-54(62(3,4)46-27-15-9-16-28-46)60(55(41-48)63(5,6)47-29-17-10-18-30-47)65-58-37-35-44(43-23-11-7-12-24-43)39-52(58)53-42-49(36-38-59(53)65)64-56-33-21-19-31-50(56)51-32-20-22-34-57(51)64/h7-42H,1-6H3. The molecule has 0 amide bonds. The molecule has 2 heterocycles. The molecule has 0 spiro atoms. The zero-order valence-corrected chi connectivity index (χ0v) is 38.2. The minimum atomic E-state index is -0.392. The molecule has 0 fully saturated rings. The maximum atomic E-state index is 2.62. The number of fused-ring (bicyclic) bond motifs is 6. The molecule has 65 heavy (non-hydrogen) atoms. The van der Waals surface area contributed by atoms with E-state index in [2.05, 4.69) is 269 Å². The summed E-state index contributed by atoms with van der Waals surface area (Å²) in [6.45, 7) is 14.4. The first-order chi connectivity index (χ1) is 31.5. The minimum Gasteiger partial charge on any atom is -0.309 e. The Morgan fingerprint density at radius 3 is 1.18 bits per heavy atom. The monoisotopic (exact) mass is 838 g/mol. The highest BCUT2D eigenvalue weighted by atomic mass is 15.0. The van der Waals surface area contributed by atoms with Gasteiger partial charge in [0.15, 0.2) is 0 Å². The number of benzene rings is 9. The van der Waals surface area contributed by atoms with Gasteiger partial charge in [0.2, 0.25) is 0 Å². The molecule has 9 aromatic carbocycles. The maximum Gasteiger partial charge on any atom is 0.0544 e. The van der Waals surface area contributed by atoms with Crippen molar-refractivity contribution in [3.63, 3.8) is 0 Å². The third-order valence-corrected chi connectivity index (χ3v) is 14.6. The Labute approximate surface area is 383 Å². The lowest BCUT2D eigenvalue weighted by molar-refractivity contribution is 0.591. The first kappa shape index (κ1) is 40.4. The van der Waals surface area contributed by atoms with Crippen molar-refractivity contribution in [3.05, 3.63) is 252 Å². The molecule has 0 aliphatic carbocycles. The molecule has 2 heteroatoms. The highest BCUT2D eigenvalue weighted by molar-refractivity contribution is 6.13. The lowest BCUT2D eigenvalue weighted by Gasteiger charge is -2.38. The summed E-state index contributed by atoms with van der Waals surface area (Å²) in [5.41, 5.74) is 16.2. The number of hydrogen-bond donors (Lipinski definition) is 0. The summed E-state index contributed by atoms with van der Waals surface area (Å²) in [7, 11) is 0. The van der Waals surface area contributed by atoms with Crippen LogP contribution in [0.3, 0.4) is 0 Å². The average molecular weight is 839 g/mol. The van der Waals surface area contributed by atoms with Crippen molar-refractivity contribution >= 4 is 43.6 Å². The topological polar surface area (TPSA) is 9.86 Å². The summed E-state index contributed by atoms with van der Waals surface area (Å²) < 4.78 is 5.07. The van der Waals surface area contributed by atoms with Crippen LogP contribution in [0.2, 0.25) is 0 Å². The van der Waals surface area contributed by atoms with E-state index in [4.69, 9.17) is 0 Å². The number of nitrogens with zero attached hydrogens (tertiary/aromatic N) is 2. The molecule has 2 nitrogen and oxygen atoms in total. The van der Waals surface area contributed by atoms with Gasteiger partial charge in [0, 0.05) is 43.5 Å². The van der Waals surface area contributed by atoms with E-state index in [1.54, 1.807) is 0 Å². The van der Waals surface area contributed by atoms with Crippen molar-refractivity contribution in [1.82, 2.24) is 9.13 Å². The van der Waals surface area contributed by atoms with Gasteiger partial charge in [-0.15, -0.1) is 0 Å². The van der Waals surface area contributed by atoms with Gasteiger partial charge in [0.25, 0.3) is 0 Å². The molecule has 0 atom stereocenters. The van der Waals surface area contributed by atoms with Crippen molar-refractivity contribution in [2.24, 2.45) is 0 Å². The molecular weight excluding hydrogens is 785 g/mol. The Kier molecular flexibility index (Phi) is 9.55. The molecule has 0 unspecified atom stereocenters. The lowest BCUT2D eigenvalue weighted by Crippen LogP contribution is -2.30. The Bertz CT molecular complexity index is 3410. The van der Waals surface area contributed by atoms with E-state index in [1.807, 2.05) is 0 Å². The third-order valence-electron chi connectivity index (χ3n) is 14.6. The molecule has 0 aliphatic rings. The third kappa shape index (κ3) is 6.54. The SMILES string of the molecule is CC(C)(c1ccccc1)c1cc(C(C)(C)c2ccccc2)c(-n2c3ccc(-c4ccccc4)cc3c3cc(-n4c5ccccc5c5ccccc54)ccc32)c(C(C)(C)c2ccccc2)c1. The van der Waals surface area contributed by atoms with Crippen LogP contribution in [0.25, 0.3) is 66.1 Å². The summed E-state index contributed by atoms with van der Waals surface area (Å²) in [4.78, 5) is 0. The summed E-state index contributed by atoms with van der Waals surface area (Å²) in [5.74, 6) is 0. The van der Waals surface area contributed by atoms with Crippen LogP contribution in [0, 0.1) is 0 Å². The fourth-order valence-electron chi connectivity index (χ4n) is 10.6. The number of para-hydroxylation sites is 2. The predicted molar refractivity (Wildman–Crippen MR) is 276 cm³/mol. The van der Waals surface area contributed by atoms with Crippen LogP contribution in [-0.2, 0) is 16.2 Å². The first-order valence-corrected chi connectivity index (χ1v) is 23.0. The predicted octanol–water partition coefficient (Wildman–Crippen LogP) is 16.5. The minimum absolute atomic E-state index is 0.286. The second kappa shape index (κ2) is 15.4. The first-order valence-electron chi connectivity index (χ1n) is 23.0. The van der Waals surface area contributed by atoms with Crippen LogP contribution < -0.4 is 0 Å². The Balaban J connectivity index is 1.29.